The molecule has 1 aromatic carbocycles. The molecule has 1 fully saturated rings. The number of benzene rings is 1. The fourth-order valence-electron chi connectivity index (χ4n) is 3.10. The van der Waals surface area contributed by atoms with Gasteiger partial charge in [0.15, 0.2) is 17.5 Å². The Bertz CT molecular complexity index is 531. The molecule has 1 aliphatic rings. The molecule has 0 bridgehead atoms. The van der Waals surface area contributed by atoms with Crippen LogP contribution in [0.2, 0.25) is 0 Å². The maximum Gasteiger partial charge on any atom is 0.191 e. The van der Waals surface area contributed by atoms with Gasteiger partial charge in [-0.1, -0.05) is 18.9 Å². The number of nitrogens with one attached hydrogen (secondary N) is 2. The van der Waals surface area contributed by atoms with Crippen molar-refractivity contribution in [2.75, 3.05) is 27.3 Å². The number of aliphatic imine (C=N–C) groups is 1. The standard InChI is InChI=1S/C19H31N3O2.HI/c1-4-24-18-14-15(11-12-17(18)23-3)8-7-13-21-19(20-2)22-16-9-5-6-10-16;/h11-12,14,16H,4-10,13H2,1-3H3,(H2,20,21,22);1H. The third-order valence-corrected chi connectivity index (χ3v) is 4.38. The fraction of sp³-hybridized carbons (Fsp3) is 0.632. The number of aryl methyl sites for hydroxylation is 1. The summed E-state index contributed by atoms with van der Waals surface area (Å²) in [5, 5.41) is 6.92. The zero-order valence-electron chi connectivity index (χ0n) is 15.6. The van der Waals surface area contributed by atoms with Gasteiger partial charge in [-0.2, -0.15) is 0 Å². The van der Waals surface area contributed by atoms with Crippen LogP contribution in [0.1, 0.15) is 44.6 Å². The Labute approximate surface area is 169 Å². The third-order valence-electron chi connectivity index (χ3n) is 4.38. The molecule has 142 valence electrons. The molecule has 0 amide bonds. The summed E-state index contributed by atoms with van der Waals surface area (Å²) in [5.74, 6) is 2.54. The Morgan fingerprint density at radius 1 is 1.24 bits per heavy atom. The van der Waals surface area contributed by atoms with Gasteiger partial charge in [0, 0.05) is 19.6 Å². The number of rotatable bonds is 8. The van der Waals surface area contributed by atoms with E-state index in [0.29, 0.717) is 12.6 Å². The monoisotopic (exact) mass is 461 g/mol. The van der Waals surface area contributed by atoms with Crippen LogP contribution in [-0.4, -0.2) is 39.3 Å². The van der Waals surface area contributed by atoms with E-state index < -0.39 is 0 Å². The first kappa shape index (κ1) is 21.9. The van der Waals surface area contributed by atoms with Gasteiger partial charge in [0.25, 0.3) is 0 Å². The van der Waals surface area contributed by atoms with Gasteiger partial charge in [0.2, 0.25) is 0 Å². The van der Waals surface area contributed by atoms with Crippen molar-refractivity contribution in [3.8, 4) is 11.5 Å². The molecule has 25 heavy (non-hydrogen) atoms. The highest BCUT2D eigenvalue weighted by Crippen LogP contribution is 2.28. The van der Waals surface area contributed by atoms with Crippen molar-refractivity contribution in [2.24, 2.45) is 4.99 Å². The smallest absolute Gasteiger partial charge is 0.191 e. The van der Waals surface area contributed by atoms with Crippen LogP contribution >= 0.6 is 24.0 Å². The Morgan fingerprint density at radius 2 is 2.00 bits per heavy atom. The van der Waals surface area contributed by atoms with Gasteiger partial charge in [0.1, 0.15) is 0 Å². The lowest BCUT2D eigenvalue weighted by atomic mass is 10.1. The molecule has 5 nitrogen and oxygen atoms in total. The van der Waals surface area contributed by atoms with Gasteiger partial charge in [-0.25, -0.2) is 0 Å². The normalized spacial score (nSPS) is 14.8. The first-order valence-corrected chi connectivity index (χ1v) is 9.03. The second kappa shape index (κ2) is 12.2. The van der Waals surface area contributed by atoms with Gasteiger partial charge in [0.05, 0.1) is 13.7 Å². The molecule has 1 saturated carbocycles. The molecule has 0 saturated heterocycles. The van der Waals surface area contributed by atoms with E-state index >= 15 is 0 Å². The summed E-state index contributed by atoms with van der Waals surface area (Å²) in [5.41, 5.74) is 1.26. The van der Waals surface area contributed by atoms with Crippen LogP contribution in [0.5, 0.6) is 11.5 Å². The van der Waals surface area contributed by atoms with E-state index in [0.717, 1.165) is 36.8 Å². The van der Waals surface area contributed by atoms with E-state index in [2.05, 4.69) is 27.8 Å². The van der Waals surface area contributed by atoms with Crippen molar-refractivity contribution in [2.45, 2.75) is 51.5 Å². The highest BCUT2D eigenvalue weighted by Gasteiger charge is 2.15. The number of hydrogen-bond donors (Lipinski definition) is 2. The van der Waals surface area contributed by atoms with Crippen molar-refractivity contribution in [1.29, 1.82) is 0 Å². The Balaban J connectivity index is 0.00000312. The van der Waals surface area contributed by atoms with Crippen LogP contribution in [0.4, 0.5) is 0 Å². The molecule has 0 radical (unpaired) electrons. The molecular formula is C19H32IN3O2. The Kier molecular flexibility index (Phi) is 10.7. The minimum absolute atomic E-state index is 0. The maximum atomic E-state index is 5.64. The second-order valence-electron chi connectivity index (χ2n) is 6.15. The molecule has 6 heteroatoms. The van der Waals surface area contributed by atoms with Crippen LogP contribution in [0.3, 0.4) is 0 Å². The number of ether oxygens (including phenoxy) is 2. The number of guanidine groups is 1. The van der Waals surface area contributed by atoms with E-state index in [4.69, 9.17) is 9.47 Å². The molecule has 0 spiro atoms. The lowest BCUT2D eigenvalue weighted by molar-refractivity contribution is 0.310. The highest BCUT2D eigenvalue weighted by atomic mass is 127. The average molecular weight is 461 g/mol. The predicted molar refractivity (Wildman–Crippen MR) is 115 cm³/mol. The summed E-state index contributed by atoms with van der Waals surface area (Å²) < 4.78 is 11.0. The summed E-state index contributed by atoms with van der Waals surface area (Å²) in [4.78, 5) is 4.32. The minimum atomic E-state index is 0. The number of methoxy groups -OCH3 is 1. The molecule has 0 heterocycles. The number of halogens is 1. The molecule has 0 atom stereocenters. The first-order valence-electron chi connectivity index (χ1n) is 9.03. The van der Waals surface area contributed by atoms with Crippen LogP contribution in [0, 0.1) is 0 Å². The van der Waals surface area contributed by atoms with Crippen LogP contribution in [-0.2, 0) is 6.42 Å². The minimum Gasteiger partial charge on any atom is -0.493 e. The van der Waals surface area contributed by atoms with Gasteiger partial charge < -0.3 is 20.1 Å². The van der Waals surface area contributed by atoms with Gasteiger partial charge >= 0.3 is 0 Å². The molecule has 0 aliphatic heterocycles. The number of nitrogens with zero attached hydrogens (tertiary/aromatic N) is 1. The fourth-order valence-corrected chi connectivity index (χ4v) is 3.10. The summed E-state index contributed by atoms with van der Waals surface area (Å²) in [6.45, 7) is 3.53. The Morgan fingerprint density at radius 3 is 2.64 bits per heavy atom. The molecule has 0 aromatic heterocycles. The molecule has 1 aromatic rings. The molecule has 1 aliphatic carbocycles. The van der Waals surface area contributed by atoms with Crippen molar-refractivity contribution < 1.29 is 9.47 Å². The zero-order valence-corrected chi connectivity index (χ0v) is 18.0. The van der Waals surface area contributed by atoms with Crippen LogP contribution in [0.15, 0.2) is 23.2 Å². The largest absolute Gasteiger partial charge is 0.493 e. The van der Waals surface area contributed by atoms with E-state index in [9.17, 15) is 0 Å². The molecule has 2 N–H and O–H groups in total. The van der Waals surface area contributed by atoms with Gasteiger partial charge in [-0.05, 0) is 50.3 Å². The van der Waals surface area contributed by atoms with Crippen molar-refractivity contribution >= 4 is 29.9 Å². The summed E-state index contributed by atoms with van der Waals surface area (Å²) >= 11 is 0. The summed E-state index contributed by atoms with van der Waals surface area (Å²) in [7, 11) is 3.51. The second-order valence-corrected chi connectivity index (χ2v) is 6.15. The maximum absolute atomic E-state index is 5.64. The van der Waals surface area contributed by atoms with Gasteiger partial charge in [-0.3, -0.25) is 4.99 Å². The Hall–Kier alpha value is -1.18. The van der Waals surface area contributed by atoms with E-state index in [-0.39, 0.29) is 24.0 Å². The average Bonchev–Trinajstić information content (AvgIpc) is 3.11. The topological polar surface area (TPSA) is 54.9 Å². The van der Waals surface area contributed by atoms with Crippen molar-refractivity contribution in [1.82, 2.24) is 10.6 Å². The lowest BCUT2D eigenvalue weighted by Crippen LogP contribution is -2.42. The summed E-state index contributed by atoms with van der Waals surface area (Å²) in [6.07, 6.45) is 7.21. The third kappa shape index (κ3) is 7.30. The highest BCUT2D eigenvalue weighted by molar-refractivity contribution is 14.0. The van der Waals surface area contributed by atoms with E-state index in [1.165, 1.54) is 31.2 Å². The van der Waals surface area contributed by atoms with Crippen LogP contribution < -0.4 is 20.1 Å². The van der Waals surface area contributed by atoms with E-state index in [1.54, 1.807) is 7.11 Å². The molecular weight excluding hydrogens is 429 g/mol. The van der Waals surface area contributed by atoms with Crippen molar-refractivity contribution in [3.63, 3.8) is 0 Å². The SMILES string of the molecule is CCOc1cc(CCCNC(=NC)NC2CCCC2)ccc1OC.I. The van der Waals surface area contributed by atoms with E-state index in [1.807, 2.05) is 20.0 Å². The molecule has 0 unspecified atom stereocenters. The summed E-state index contributed by atoms with van der Waals surface area (Å²) in [6, 6.07) is 6.75. The quantitative estimate of drug-likeness (QED) is 0.268. The lowest BCUT2D eigenvalue weighted by Gasteiger charge is -2.17. The van der Waals surface area contributed by atoms with Crippen molar-refractivity contribution in [3.05, 3.63) is 23.8 Å². The number of hydrogen-bond acceptors (Lipinski definition) is 3. The first-order chi connectivity index (χ1) is 11.8. The zero-order chi connectivity index (χ0) is 17.2. The van der Waals surface area contributed by atoms with Gasteiger partial charge in [-0.15, -0.1) is 24.0 Å². The van der Waals surface area contributed by atoms with Crippen LogP contribution in [0.25, 0.3) is 0 Å². The molecule has 2 rings (SSSR count). The predicted octanol–water partition coefficient (Wildman–Crippen LogP) is 3.75.